The Morgan fingerprint density at radius 3 is 2.86 bits per heavy atom. The summed E-state index contributed by atoms with van der Waals surface area (Å²) in [6.45, 7) is 3.33. The molecule has 0 saturated heterocycles. The standard InChI is InChI=1S/C12H13ClN8/c1-9-7-16-20(8-9)6-4-14-11-17-10(13)18-12(19-11)21-5-2-3-15-21/h2-3,5,7-8H,4,6H2,1H3,(H,14,17,18,19). The fourth-order valence-corrected chi connectivity index (χ4v) is 1.94. The summed E-state index contributed by atoms with van der Waals surface area (Å²) in [7, 11) is 0. The highest BCUT2D eigenvalue weighted by atomic mass is 35.5. The highest BCUT2D eigenvalue weighted by molar-refractivity contribution is 6.28. The van der Waals surface area contributed by atoms with Gasteiger partial charge in [0.15, 0.2) is 0 Å². The molecule has 9 heteroatoms. The van der Waals surface area contributed by atoms with Gasteiger partial charge < -0.3 is 5.32 Å². The first kappa shape index (κ1) is 13.5. The topological polar surface area (TPSA) is 86.3 Å². The molecule has 3 aromatic rings. The van der Waals surface area contributed by atoms with Crippen LogP contribution in [0.5, 0.6) is 0 Å². The van der Waals surface area contributed by atoms with Crippen molar-refractivity contribution in [1.29, 1.82) is 0 Å². The SMILES string of the molecule is Cc1cnn(CCNc2nc(Cl)nc(-n3cccn3)n2)c1. The van der Waals surface area contributed by atoms with Crippen LogP contribution in [-0.2, 0) is 6.54 Å². The molecule has 0 aliphatic rings. The van der Waals surface area contributed by atoms with E-state index in [4.69, 9.17) is 11.6 Å². The Labute approximate surface area is 125 Å². The first-order chi connectivity index (χ1) is 10.2. The summed E-state index contributed by atoms with van der Waals surface area (Å²) < 4.78 is 3.37. The van der Waals surface area contributed by atoms with Crippen molar-refractivity contribution in [2.45, 2.75) is 13.5 Å². The van der Waals surface area contributed by atoms with Gasteiger partial charge in [-0.1, -0.05) is 0 Å². The zero-order valence-electron chi connectivity index (χ0n) is 11.3. The van der Waals surface area contributed by atoms with E-state index in [1.54, 1.807) is 18.5 Å². The van der Waals surface area contributed by atoms with Crippen molar-refractivity contribution in [2.24, 2.45) is 0 Å². The van der Waals surface area contributed by atoms with Crippen LogP contribution in [0.25, 0.3) is 5.95 Å². The van der Waals surface area contributed by atoms with Crippen molar-refractivity contribution < 1.29 is 0 Å². The van der Waals surface area contributed by atoms with Gasteiger partial charge in [-0.15, -0.1) is 0 Å². The van der Waals surface area contributed by atoms with Crippen LogP contribution in [0.4, 0.5) is 5.95 Å². The molecule has 0 atom stereocenters. The summed E-state index contributed by atoms with van der Waals surface area (Å²) >= 11 is 5.91. The maximum atomic E-state index is 5.91. The molecule has 0 radical (unpaired) electrons. The lowest BCUT2D eigenvalue weighted by Gasteiger charge is -2.06. The molecule has 0 aromatic carbocycles. The van der Waals surface area contributed by atoms with Crippen LogP contribution in [0.3, 0.4) is 0 Å². The summed E-state index contributed by atoms with van der Waals surface area (Å²) in [6.07, 6.45) is 7.17. The van der Waals surface area contributed by atoms with E-state index < -0.39 is 0 Å². The molecule has 0 aliphatic heterocycles. The van der Waals surface area contributed by atoms with E-state index in [9.17, 15) is 0 Å². The lowest BCUT2D eigenvalue weighted by Crippen LogP contribution is -2.14. The Bertz CT molecular complexity index is 721. The predicted molar refractivity (Wildman–Crippen MR) is 77.4 cm³/mol. The van der Waals surface area contributed by atoms with Crippen LogP contribution >= 0.6 is 11.6 Å². The number of hydrogen-bond donors (Lipinski definition) is 1. The monoisotopic (exact) mass is 304 g/mol. The molecular formula is C12H13ClN8. The number of aryl methyl sites for hydroxylation is 1. The summed E-state index contributed by atoms with van der Waals surface area (Å²) in [6, 6.07) is 1.78. The van der Waals surface area contributed by atoms with Gasteiger partial charge in [0, 0.05) is 25.1 Å². The molecule has 3 aromatic heterocycles. The summed E-state index contributed by atoms with van der Waals surface area (Å²) in [5.74, 6) is 0.779. The minimum atomic E-state index is 0.118. The smallest absolute Gasteiger partial charge is 0.256 e. The normalized spacial score (nSPS) is 10.8. The van der Waals surface area contributed by atoms with Crippen LogP contribution in [0.15, 0.2) is 30.9 Å². The second-order valence-corrected chi connectivity index (χ2v) is 4.72. The second kappa shape index (κ2) is 5.88. The Kier molecular flexibility index (Phi) is 3.78. The van der Waals surface area contributed by atoms with Crippen molar-refractivity contribution in [3.05, 3.63) is 41.7 Å². The number of rotatable bonds is 5. The van der Waals surface area contributed by atoms with Gasteiger partial charge in [-0.25, -0.2) is 4.68 Å². The summed E-state index contributed by atoms with van der Waals surface area (Å²) in [5.41, 5.74) is 1.12. The molecule has 21 heavy (non-hydrogen) atoms. The fourth-order valence-electron chi connectivity index (χ4n) is 1.78. The molecule has 1 N–H and O–H groups in total. The highest BCUT2D eigenvalue weighted by Crippen LogP contribution is 2.08. The minimum Gasteiger partial charge on any atom is -0.352 e. The van der Waals surface area contributed by atoms with E-state index in [0.717, 1.165) is 5.56 Å². The largest absolute Gasteiger partial charge is 0.352 e. The van der Waals surface area contributed by atoms with E-state index >= 15 is 0 Å². The van der Waals surface area contributed by atoms with Crippen LogP contribution in [0.2, 0.25) is 5.28 Å². The summed E-state index contributed by atoms with van der Waals surface area (Å²) in [4.78, 5) is 12.3. The third-order valence-electron chi connectivity index (χ3n) is 2.69. The van der Waals surface area contributed by atoms with Crippen molar-refractivity contribution in [3.63, 3.8) is 0 Å². The third-order valence-corrected chi connectivity index (χ3v) is 2.86. The second-order valence-electron chi connectivity index (χ2n) is 4.39. The van der Waals surface area contributed by atoms with Crippen molar-refractivity contribution in [3.8, 4) is 5.95 Å². The molecule has 108 valence electrons. The molecule has 0 bridgehead atoms. The Hall–Kier alpha value is -2.48. The maximum Gasteiger partial charge on any atom is 0.256 e. The average Bonchev–Trinajstić information content (AvgIpc) is 3.10. The zero-order valence-corrected chi connectivity index (χ0v) is 12.1. The maximum absolute atomic E-state index is 5.91. The van der Waals surface area contributed by atoms with Gasteiger partial charge in [0.2, 0.25) is 11.2 Å². The van der Waals surface area contributed by atoms with Crippen LogP contribution in [0, 0.1) is 6.92 Å². The molecule has 0 amide bonds. The Morgan fingerprint density at radius 1 is 1.24 bits per heavy atom. The number of nitrogens with zero attached hydrogens (tertiary/aromatic N) is 7. The molecule has 0 spiro atoms. The quantitative estimate of drug-likeness (QED) is 0.765. The average molecular weight is 305 g/mol. The van der Waals surface area contributed by atoms with Crippen LogP contribution in [-0.4, -0.2) is 41.1 Å². The third kappa shape index (κ3) is 3.34. The van der Waals surface area contributed by atoms with Gasteiger partial charge in [0.05, 0.1) is 12.7 Å². The van der Waals surface area contributed by atoms with E-state index in [1.807, 2.05) is 24.0 Å². The Balaban J connectivity index is 1.68. The van der Waals surface area contributed by atoms with Crippen LogP contribution < -0.4 is 5.32 Å². The van der Waals surface area contributed by atoms with Gasteiger partial charge >= 0.3 is 0 Å². The molecule has 0 aliphatic carbocycles. The van der Waals surface area contributed by atoms with Crippen molar-refractivity contribution in [1.82, 2.24) is 34.5 Å². The van der Waals surface area contributed by atoms with Gasteiger partial charge in [-0.3, -0.25) is 4.68 Å². The lowest BCUT2D eigenvalue weighted by atomic mass is 10.4. The summed E-state index contributed by atoms with van der Waals surface area (Å²) in [5, 5.41) is 11.5. The van der Waals surface area contributed by atoms with Gasteiger partial charge in [0.1, 0.15) is 0 Å². The Morgan fingerprint density at radius 2 is 2.14 bits per heavy atom. The molecule has 0 unspecified atom stereocenters. The molecule has 8 nitrogen and oxygen atoms in total. The minimum absolute atomic E-state index is 0.118. The van der Waals surface area contributed by atoms with E-state index in [0.29, 0.717) is 25.0 Å². The van der Waals surface area contributed by atoms with E-state index in [-0.39, 0.29) is 5.28 Å². The van der Waals surface area contributed by atoms with Gasteiger partial charge in [0.25, 0.3) is 5.95 Å². The first-order valence-electron chi connectivity index (χ1n) is 6.35. The number of anilines is 1. The number of nitrogens with one attached hydrogen (secondary N) is 1. The zero-order chi connectivity index (χ0) is 14.7. The van der Waals surface area contributed by atoms with Crippen molar-refractivity contribution in [2.75, 3.05) is 11.9 Å². The number of aromatic nitrogens is 7. The molecule has 3 heterocycles. The molecule has 0 fully saturated rings. The van der Waals surface area contributed by atoms with E-state index in [1.165, 1.54) is 4.68 Å². The molecular weight excluding hydrogens is 292 g/mol. The van der Waals surface area contributed by atoms with Crippen molar-refractivity contribution >= 4 is 17.5 Å². The highest BCUT2D eigenvalue weighted by Gasteiger charge is 2.06. The fraction of sp³-hybridized carbons (Fsp3) is 0.250. The van der Waals surface area contributed by atoms with Crippen LogP contribution in [0.1, 0.15) is 5.56 Å². The number of halogens is 1. The lowest BCUT2D eigenvalue weighted by molar-refractivity contribution is 0.635. The number of hydrogen-bond acceptors (Lipinski definition) is 6. The first-order valence-corrected chi connectivity index (χ1v) is 6.73. The molecule has 3 rings (SSSR count). The van der Waals surface area contributed by atoms with Gasteiger partial charge in [-0.2, -0.15) is 25.1 Å². The predicted octanol–water partition coefficient (Wildman–Crippen LogP) is 1.33. The van der Waals surface area contributed by atoms with E-state index in [2.05, 4.69) is 30.5 Å². The van der Waals surface area contributed by atoms with Gasteiger partial charge in [-0.05, 0) is 30.2 Å². The molecule has 0 saturated carbocycles.